The molecule has 152 valence electrons. The Morgan fingerprint density at radius 3 is 2.72 bits per heavy atom. The number of aryl methyl sites for hydroxylation is 1. The maximum atomic E-state index is 12.7. The largest absolute Gasteiger partial charge is 0.444 e. The molecule has 1 atom stereocenters. The Labute approximate surface area is 170 Å². The average molecular weight is 393 g/mol. The number of piperazine rings is 1. The Hall–Kier alpha value is -2.93. The maximum absolute atomic E-state index is 12.7. The lowest BCUT2D eigenvalue weighted by Crippen LogP contribution is -2.50. The molecule has 1 saturated heterocycles. The monoisotopic (exact) mass is 393 g/mol. The molecule has 1 fully saturated rings. The van der Waals surface area contributed by atoms with Crippen molar-refractivity contribution in [3.05, 3.63) is 54.0 Å². The zero-order valence-corrected chi connectivity index (χ0v) is 17.3. The zero-order valence-electron chi connectivity index (χ0n) is 17.3. The smallest absolute Gasteiger partial charge is 0.410 e. The summed E-state index contributed by atoms with van der Waals surface area (Å²) < 4.78 is 7.39. The average Bonchev–Trinajstić information content (AvgIpc) is 3.13. The van der Waals surface area contributed by atoms with Crippen molar-refractivity contribution in [3.63, 3.8) is 0 Å². The molecule has 4 rings (SSSR count). The molecule has 0 radical (unpaired) electrons. The lowest BCUT2D eigenvalue weighted by molar-refractivity contribution is 0.0118. The molecular weight excluding hydrogens is 366 g/mol. The van der Waals surface area contributed by atoms with Crippen molar-refractivity contribution in [2.75, 3.05) is 19.6 Å². The van der Waals surface area contributed by atoms with Crippen LogP contribution in [0.15, 0.2) is 42.7 Å². The van der Waals surface area contributed by atoms with E-state index in [1.54, 1.807) is 10.7 Å². The number of nitrogens with zero attached hydrogens (tertiary/aromatic N) is 4. The molecule has 1 amide bonds. The molecule has 3 aromatic rings. The SMILES string of the molecule is Cc1nn2ccnc2cc1-c1ccc(C2CNCCN2C(=O)OC(C)(C)C)cc1. The van der Waals surface area contributed by atoms with Crippen LogP contribution in [0.2, 0.25) is 0 Å². The predicted octanol–water partition coefficient (Wildman–Crippen LogP) is 3.59. The van der Waals surface area contributed by atoms with Gasteiger partial charge in [0.1, 0.15) is 5.60 Å². The van der Waals surface area contributed by atoms with Crippen LogP contribution in [0.1, 0.15) is 38.1 Å². The molecule has 1 aromatic carbocycles. The molecule has 29 heavy (non-hydrogen) atoms. The van der Waals surface area contributed by atoms with Crippen LogP contribution in [0.4, 0.5) is 4.79 Å². The van der Waals surface area contributed by atoms with Gasteiger partial charge in [-0.3, -0.25) is 4.90 Å². The van der Waals surface area contributed by atoms with Gasteiger partial charge in [-0.15, -0.1) is 0 Å². The van der Waals surface area contributed by atoms with Crippen LogP contribution in [-0.4, -0.2) is 50.8 Å². The summed E-state index contributed by atoms with van der Waals surface area (Å²) in [6.07, 6.45) is 3.32. The van der Waals surface area contributed by atoms with E-state index in [9.17, 15) is 4.79 Å². The van der Waals surface area contributed by atoms with Gasteiger partial charge in [0.15, 0.2) is 5.65 Å². The Kier molecular flexibility index (Phi) is 5.00. The standard InChI is InChI=1S/C22H27N5O2/c1-15-18(13-20-24-10-12-27(20)25-15)16-5-7-17(8-6-16)19-14-23-9-11-26(19)21(28)29-22(2,3)4/h5-8,10,12-13,19,23H,9,11,14H2,1-4H3. The third-order valence-electron chi connectivity index (χ3n) is 5.05. The highest BCUT2D eigenvalue weighted by atomic mass is 16.6. The number of aromatic nitrogens is 3. The number of hydrogen-bond donors (Lipinski definition) is 1. The first kappa shape index (κ1) is 19.4. The first-order valence-corrected chi connectivity index (χ1v) is 9.93. The summed E-state index contributed by atoms with van der Waals surface area (Å²) in [6.45, 7) is 9.78. The van der Waals surface area contributed by atoms with Crippen LogP contribution < -0.4 is 5.32 Å². The van der Waals surface area contributed by atoms with Gasteiger partial charge in [-0.2, -0.15) is 5.10 Å². The van der Waals surface area contributed by atoms with Gasteiger partial charge in [0, 0.05) is 37.6 Å². The highest BCUT2D eigenvalue weighted by molar-refractivity contribution is 5.71. The molecule has 0 saturated carbocycles. The summed E-state index contributed by atoms with van der Waals surface area (Å²) in [6, 6.07) is 10.3. The third-order valence-corrected chi connectivity index (χ3v) is 5.05. The number of rotatable bonds is 2. The molecule has 0 bridgehead atoms. The van der Waals surface area contributed by atoms with Gasteiger partial charge in [0.25, 0.3) is 0 Å². The topological polar surface area (TPSA) is 71.8 Å². The van der Waals surface area contributed by atoms with Crippen LogP contribution in [0, 0.1) is 6.92 Å². The lowest BCUT2D eigenvalue weighted by Gasteiger charge is -2.37. The second kappa shape index (κ2) is 7.48. The van der Waals surface area contributed by atoms with Gasteiger partial charge in [-0.1, -0.05) is 24.3 Å². The zero-order chi connectivity index (χ0) is 20.6. The molecule has 1 N–H and O–H groups in total. The normalized spacial score (nSPS) is 17.5. The lowest BCUT2D eigenvalue weighted by atomic mass is 9.98. The first-order valence-electron chi connectivity index (χ1n) is 9.93. The number of carbonyl (C=O) groups is 1. The highest BCUT2D eigenvalue weighted by Crippen LogP contribution is 2.28. The van der Waals surface area contributed by atoms with Crippen molar-refractivity contribution in [1.29, 1.82) is 0 Å². The summed E-state index contributed by atoms with van der Waals surface area (Å²) in [7, 11) is 0. The van der Waals surface area contributed by atoms with Crippen LogP contribution in [0.25, 0.3) is 16.8 Å². The second-order valence-corrected chi connectivity index (χ2v) is 8.39. The Balaban J connectivity index is 1.60. The molecule has 0 spiro atoms. The molecule has 1 unspecified atom stereocenters. The van der Waals surface area contributed by atoms with E-state index in [4.69, 9.17) is 4.74 Å². The van der Waals surface area contributed by atoms with Crippen LogP contribution in [0.3, 0.4) is 0 Å². The Morgan fingerprint density at radius 1 is 1.24 bits per heavy atom. The predicted molar refractivity (Wildman–Crippen MR) is 112 cm³/mol. The molecule has 1 aliphatic rings. The summed E-state index contributed by atoms with van der Waals surface area (Å²) in [5.41, 5.74) is 4.48. The van der Waals surface area contributed by atoms with E-state index in [1.807, 2.05) is 44.9 Å². The van der Waals surface area contributed by atoms with Crippen LogP contribution in [0.5, 0.6) is 0 Å². The van der Waals surface area contributed by atoms with E-state index in [1.165, 1.54) is 0 Å². The van der Waals surface area contributed by atoms with Gasteiger partial charge in [0.2, 0.25) is 0 Å². The Bertz CT molecular complexity index is 1020. The van der Waals surface area contributed by atoms with Crippen molar-refractivity contribution < 1.29 is 9.53 Å². The van der Waals surface area contributed by atoms with Gasteiger partial charge in [0.05, 0.1) is 11.7 Å². The molecule has 7 nitrogen and oxygen atoms in total. The number of fused-ring (bicyclic) bond motifs is 1. The summed E-state index contributed by atoms with van der Waals surface area (Å²) >= 11 is 0. The molecule has 1 aliphatic heterocycles. The minimum Gasteiger partial charge on any atom is -0.444 e. The maximum Gasteiger partial charge on any atom is 0.410 e. The number of nitrogens with one attached hydrogen (secondary N) is 1. The van der Waals surface area contributed by atoms with E-state index in [0.29, 0.717) is 13.1 Å². The van der Waals surface area contributed by atoms with Crippen molar-refractivity contribution in [1.82, 2.24) is 24.8 Å². The molecule has 0 aliphatic carbocycles. The number of benzene rings is 1. The number of hydrogen-bond acceptors (Lipinski definition) is 5. The first-order chi connectivity index (χ1) is 13.8. The number of carbonyl (C=O) groups excluding carboxylic acids is 1. The van der Waals surface area contributed by atoms with Crippen LogP contribution in [-0.2, 0) is 4.74 Å². The van der Waals surface area contributed by atoms with Crippen LogP contribution >= 0.6 is 0 Å². The molecule has 3 heterocycles. The van der Waals surface area contributed by atoms with Gasteiger partial charge >= 0.3 is 6.09 Å². The fourth-order valence-corrected chi connectivity index (χ4v) is 3.66. The fourth-order valence-electron chi connectivity index (χ4n) is 3.66. The quantitative estimate of drug-likeness (QED) is 0.720. The number of imidazole rings is 1. The van der Waals surface area contributed by atoms with Crippen molar-refractivity contribution >= 4 is 11.7 Å². The molecule has 2 aromatic heterocycles. The second-order valence-electron chi connectivity index (χ2n) is 8.39. The highest BCUT2D eigenvalue weighted by Gasteiger charge is 2.31. The van der Waals surface area contributed by atoms with E-state index in [0.717, 1.165) is 34.6 Å². The van der Waals surface area contributed by atoms with Gasteiger partial charge in [-0.05, 0) is 44.9 Å². The molecule has 7 heteroatoms. The van der Waals surface area contributed by atoms with E-state index < -0.39 is 5.60 Å². The van der Waals surface area contributed by atoms with E-state index in [-0.39, 0.29) is 12.1 Å². The molecular formula is C22H27N5O2. The number of ether oxygens (including phenoxy) is 1. The number of amides is 1. The summed E-state index contributed by atoms with van der Waals surface area (Å²) in [5.74, 6) is 0. The summed E-state index contributed by atoms with van der Waals surface area (Å²) in [5, 5.41) is 7.95. The van der Waals surface area contributed by atoms with Gasteiger partial charge < -0.3 is 10.1 Å². The fraction of sp³-hybridized carbons (Fsp3) is 0.409. The minimum atomic E-state index is -0.508. The van der Waals surface area contributed by atoms with Crippen molar-refractivity contribution in [2.24, 2.45) is 0 Å². The van der Waals surface area contributed by atoms with Crippen molar-refractivity contribution in [2.45, 2.75) is 39.3 Å². The summed E-state index contributed by atoms with van der Waals surface area (Å²) in [4.78, 5) is 18.8. The Morgan fingerprint density at radius 2 is 2.00 bits per heavy atom. The van der Waals surface area contributed by atoms with E-state index >= 15 is 0 Å². The van der Waals surface area contributed by atoms with E-state index in [2.05, 4.69) is 39.7 Å². The van der Waals surface area contributed by atoms with Crippen molar-refractivity contribution in [3.8, 4) is 11.1 Å². The third kappa shape index (κ3) is 4.10. The minimum absolute atomic E-state index is 0.0540. The van der Waals surface area contributed by atoms with Gasteiger partial charge in [-0.25, -0.2) is 14.3 Å².